The minimum absolute atomic E-state index is 0.146. The lowest BCUT2D eigenvalue weighted by Gasteiger charge is -2.16. The number of ether oxygens (including phenoxy) is 3. The molecule has 0 radical (unpaired) electrons. The van der Waals surface area contributed by atoms with Crippen molar-refractivity contribution in [2.24, 2.45) is 0 Å². The molecule has 0 atom stereocenters. The van der Waals surface area contributed by atoms with Gasteiger partial charge in [0.25, 0.3) is 0 Å². The van der Waals surface area contributed by atoms with Crippen molar-refractivity contribution < 1.29 is 19.0 Å². The molecule has 0 amide bonds. The zero-order valence-corrected chi connectivity index (χ0v) is 13.8. The summed E-state index contributed by atoms with van der Waals surface area (Å²) in [5.74, 6) is 1.28. The Bertz CT molecular complexity index is 650. The lowest BCUT2D eigenvalue weighted by molar-refractivity contribution is 0.103. The number of carbonyl (C=O) groups excluding carboxylic acids is 1. The van der Waals surface area contributed by atoms with Gasteiger partial charge in [-0.2, -0.15) is 0 Å². The van der Waals surface area contributed by atoms with Crippen molar-refractivity contribution in [3.8, 4) is 17.2 Å². The Hall–Kier alpha value is -2.49. The first-order valence-electron chi connectivity index (χ1n) is 7.70. The summed E-state index contributed by atoms with van der Waals surface area (Å²) in [4.78, 5) is 12.9. The van der Waals surface area contributed by atoms with E-state index in [2.05, 4.69) is 6.92 Å². The van der Waals surface area contributed by atoms with Crippen LogP contribution in [-0.2, 0) is 0 Å². The maximum Gasteiger partial charge on any atom is 0.200 e. The molecule has 4 heteroatoms. The summed E-state index contributed by atoms with van der Waals surface area (Å²) >= 11 is 0. The highest BCUT2D eigenvalue weighted by Crippen LogP contribution is 2.38. The zero-order chi connectivity index (χ0) is 16.7. The number of unbranched alkanes of at least 4 members (excludes halogenated alkanes) is 1. The molecule has 0 aliphatic heterocycles. The molecule has 0 aromatic heterocycles. The highest BCUT2D eigenvalue weighted by molar-refractivity contribution is 6.13. The predicted molar refractivity (Wildman–Crippen MR) is 89.8 cm³/mol. The van der Waals surface area contributed by atoms with E-state index in [4.69, 9.17) is 14.2 Å². The fraction of sp³-hybridized carbons (Fsp3) is 0.316. The second kappa shape index (κ2) is 8.22. The van der Waals surface area contributed by atoms with E-state index in [-0.39, 0.29) is 5.78 Å². The first-order chi connectivity index (χ1) is 11.2. The molecule has 0 heterocycles. The Morgan fingerprint density at radius 3 is 2.26 bits per heavy atom. The van der Waals surface area contributed by atoms with Crippen molar-refractivity contribution in [3.63, 3.8) is 0 Å². The lowest BCUT2D eigenvalue weighted by atomic mass is 10.0. The van der Waals surface area contributed by atoms with E-state index in [1.165, 1.54) is 7.11 Å². The minimum Gasteiger partial charge on any atom is -0.493 e. The quantitative estimate of drug-likeness (QED) is 0.543. The van der Waals surface area contributed by atoms with Crippen LogP contribution in [0.1, 0.15) is 35.7 Å². The fourth-order valence-electron chi connectivity index (χ4n) is 2.30. The van der Waals surface area contributed by atoms with Gasteiger partial charge in [-0.1, -0.05) is 43.7 Å². The van der Waals surface area contributed by atoms with Gasteiger partial charge in [-0.05, 0) is 18.6 Å². The van der Waals surface area contributed by atoms with Gasteiger partial charge in [-0.25, -0.2) is 0 Å². The van der Waals surface area contributed by atoms with Crippen LogP contribution >= 0.6 is 0 Å². The van der Waals surface area contributed by atoms with Gasteiger partial charge in [-0.15, -0.1) is 0 Å². The van der Waals surface area contributed by atoms with Crippen LogP contribution in [0.5, 0.6) is 17.2 Å². The Morgan fingerprint density at radius 1 is 0.957 bits per heavy atom. The molecular weight excluding hydrogens is 292 g/mol. The largest absolute Gasteiger partial charge is 0.493 e. The molecule has 2 aromatic carbocycles. The number of methoxy groups -OCH3 is 2. The van der Waals surface area contributed by atoms with Gasteiger partial charge in [-0.3, -0.25) is 4.79 Å². The molecule has 0 unspecified atom stereocenters. The van der Waals surface area contributed by atoms with Crippen LogP contribution in [0.25, 0.3) is 0 Å². The smallest absolute Gasteiger partial charge is 0.200 e. The van der Waals surface area contributed by atoms with Crippen molar-refractivity contribution in [3.05, 3.63) is 53.6 Å². The fourth-order valence-corrected chi connectivity index (χ4v) is 2.30. The van der Waals surface area contributed by atoms with E-state index in [0.717, 1.165) is 12.8 Å². The molecule has 2 aromatic rings. The summed E-state index contributed by atoms with van der Waals surface area (Å²) in [6.45, 7) is 2.65. The molecule has 0 aliphatic carbocycles. The number of benzene rings is 2. The number of hydrogen-bond acceptors (Lipinski definition) is 4. The second-order valence-corrected chi connectivity index (χ2v) is 5.07. The van der Waals surface area contributed by atoms with Gasteiger partial charge >= 0.3 is 0 Å². The van der Waals surface area contributed by atoms with Crippen molar-refractivity contribution >= 4 is 5.78 Å². The number of rotatable bonds is 8. The summed E-state index contributed by atoms with van der Waals surface area (Å²) < 4.78 is 16.5. The van der Waals surface area contributed by atoms with E-state index >= 15 is 0 Å². The van der Waals surface area contributed by atoms with Crippen LogP contribution in [0.2, 0.25) is 0 Å². The van der Waals surface area contributed by atoms with Crippen LogP contribution in [0.4, 0.5) is 0 Å². The van der Waals surface area contributed by atoms with E-state index in [9.17, 15) is 4.79 Å². The average molecular weight is 314 g/mol. The second-order valence-electron chi connectivity index (χ2n) is 5.07. The van der Waals surface area contributed by atoms with E-state index < -0.39 is 0 Å². The Morgan fingerprint density at radius 2 is 1.65 bits per heavy atom. The maximum absolute atomic E-state index is 12.9. The molecule has 0 saturated heterocycles. The highest BCUT2D eigenvalue weighted by atomic mass is 16.5. The van der Waals surface area contributed by atoms with E-state index in [1.54, 1.807) is 31.4 Å². The normalized spacial score (nSPS) is 10.2. The molecule has 0 fully saturated rings. The summed E-state index contributed by atoms with van der Waals surface area (Å²) in [6, 6.07) is 12.6. The van der Waals surface area contributed by atoms with Gasteiger partial charge in [0, 0.05) is 5.56 Å². The SMILES string of the molecule is CCCCOc1ccc(OC)c(OC)c1C(=O)c1ccccc1. The van der Waals surface area contributed by atoms with Crippen molar-refractivity contribution in [1.82, 2.24) is 0 Å². The van der Waals surface area contributed by atoms with Crippen LogP contribution < -0.4 is 14.2 Å². The number of hydrogen-bond donors (Lipinski definition) is 0. The zero-order valence-electron chi connectivity index (χ0n) is 13.8. The number of carbonyl (C=O) groups is 1. The Balaban J connectivity index is 2.49. The molecule has 0 bridgehead atoms. The third-order valence-corrected chi connectivity index (χ3v) is 3.53. The molecule has 122 valence electrons. The molecule has 0 aliphatic rings. The number of ketones is 1. The Kier molecular flexibility index (Phi) is 6.03. The van der Waals surface area contributed by atoms with Crippen LogP contribution in [-0.4, -0.2) is 26.6 Å². The van der Waals surface area contributed by atoms with Gasteiger partial charge in [0.2, 0.25) is 5.78 Å². The van der Waals surface area contributed by atoms with Gasteiger partial charge in [0.1, 0.15) is 11.3 Å². The van der Waals surface area contributed by atoms with Crippen molar-refractivity contribution in [2.45, 2.75) is 19.8 Å². The Labute approximate surface area is 137 Å². The molecule has 0 saturated carbocycles. The maximum atomic E-state index is 12.9. The van der Waals surface area contributed by atoms with Gasteiger partial charge < -0.3 is 14.2 Å². The summed E-state index contributed by atoms with van der Waals surface area (Å²) in [6.07, 6.45) is 1.95. The lowest BCUT2D eigenvalue weighted by Crippen LogP contribution is -2.09. The van der Waals surface area contributed by atoms with Crippen LogP contribution in [0.3, 0.4) is 0 Å². The first-order valence-corrected chi connectivity index (χ1v) is 7.70. The van der Waals surface area contributed by atoms with Crippen molar-refractivity contribution in [1.29, 1.82) is 0 Å². The standard InChI is InChI=1S/C19H22O4/c1-4-5-13-23-15-11-12-16(21-2)19(22-3)17(15)18(20)14-9-7-6-8-10-14/h6-12H,4-5,13H2,1-3H3. The van der Waals surface area contributed by atoms with Crippen molar-refractivity contribution in [2.75, 3.05) is 20.8 Å². The van der Waals surface area contributed by atoms with E-state index in [1.807, 2.05) is 18.2 Å². The average Bonchev–Trinajstić information content (AvgIpc) is 2.61. The van der Waals surface area contributed by atoms with Crippen LogP contribution in [0, 0.1) is 0 Å². The van der Waals surface area contributed by atoms with Gasteiger partial charge in [0.15, 0.2) is 11.5 Å². The monoisotopic (exact) mass is 314 g/mol. The van der Waals surface area contributed by atoms with E-state index in [0.29, 0.717) is 35.0 Å². The first kappa shape index (κ1) is 16.9. The van der Waals surface area contributed by atoms with Gasteiger partial charge in [0.05, 0.1) is 20.8 Å². The highest BCUT2D eigenvalue weighted by Gasteiger charge is 2.23. The third kappa shape index (κ3) is 3.83. The molecule has 0 spiro atoms. The predicted octanol–water partition coefficient (Wildman–Crippen LogP) is 4.11. The third-order valence-electron chi connectivity index (χ3n) is 3.53. The summed E-state index contributed by atoms with van der Waals surface area (Å²) in [5.41, 5.74) is 0.980. The summed E-state index contributed by atoms with van der Waals surface area (Å²) in [7, 11) is 3.07. The minimum atomic E-state index is -0.146. The molecule has 0 N–H and O–H groups in total. The molecular formula is C19H22O4. The topological polar surface area (TPSA) is 44.8 Å². The molecule has 2 rings (SSSR count). The summed E-state index contributed by atoms with van der Waals surface area (Å²) in [5, 5.41) is 0. The van der Waals surface area contributed by atoms with Crippen LogP contribution in [0.15, 0.2) is 42.5 Å². The molecule has 23 heavy (non-hydrogen) atoms. The molecule has 4 nitrogen and oxygen atoms in total.